The highest BCUT2D eigenvalue weighted by Crippen LogP contribution is 2.39. The normalized spacial score (nSPS) is 19.1. The van der Waals surface area contributed by atoms with E-state index in [2.05, 4.69) is 25.1 Å². The molecule has 0 aromatic carbocycles. The van der Waals surface area contributed by atoms with Crippen molar-refractivity contribution in [2.24, 2.45) is 0 Å². The molecule has 1 aromatic heterocycles. The topological polar surface area (TPSA) is 26.3 Å². The number of unbranched alkanes of at least 4 members (excludes halogenated alkanes) is 5. The van der Waals surface area contributed by atoms with Crippen LogP contribution in [0.25, 0.3) is 0 Å². The monoisotopic (exact) mass is 299 g/mol. The van der Waals surface area contributed by atoms with Gasteiger partial charge in [-0.05, 0) is 20.3 Å². The van der Waals surface area contributed by atoms with Crippen molar-refractivity contribution in [1.29, 1.82) is 0 Å². The Hall–Kier alpha value is -0.0300. The zero-order chi connectivity index (χ0) is 13.8. The molecule has 0 radical (unpaired) electrons. The van der Waals surface area contributed by atoms with E-state index in [0.717, 1.165) is 18.0 Å². The Morgan fingerprint density at radius 1 is 1.11 bits per heavy atom. The molecule has 1 atom stereocenters. The lowest BCUT2D eigenvalue weighted by Crippen LogP contribution is -2.25. The molecular formula is C15H25NOS2. The number of rotatable bonds is 7. The number of nitrogens with zero attached hydrogens (tertiary/aromatic N) is 1. The van der Waals surface area contributed by atoms with Crippen molar-refractivity contribution in [3.05, 3.63) is 15.3 Å². The van der Waals surface area contributed by atoms with E-state index < -0.39 is 11.4 Å². The minimum Gasteiger partial charge on any atom is -0.593 e. The maximum Gasteiger partial charge on any atom is 0.192 e. The second kappa shape index (κ2) is 7.11. The van der Waals surface area contributed by atoms with Gasteiger partial charge >= 0.3 is 0 Å². The summed E-state index contributed by atoms with van der Waals surface area (Å²) in [4.78, 5) is 3.72. The molecule has 1 aliphatic heterocycles. The third kappa shape index (κ3) is 3.54. The fraction of sp³-hybridized carbons (Fsp3) is 0.733. The summed E-state index contributed by atoms with van der Waals surface area (Å²) in [5.41, 5.74) is 1.34. The lowest BCUT2D eigenvalue weighted by molar-refractivity contribution is 0.407. The van der Waals surface area contributed by atoms with Gasteiger partial charge in [-0.1, -0.05) is 39.0 Å². The standard InChI is InChI=1S/C15H25NOS2/c1-4-5-6-7-8-9-10-16-11-14-12(2)18-13(3)15(14)19(16)17/h4-11H2,1-3H3. The molecule has 108 valence electrons. The van der Waals surface area contributed by atoms with Crippen LogP contribution in [0, 0.1) is 13.8 Å². The van der Waals surface area contributed by atoms with Crippen LogP contribution in [-0.4, -0.2) is 15.4 Å². The van der Waals surface area contributed by atoms with Crippen LogP contribution < -0.4 is 0 Å². The second-order valence-corrected chi connectivity index (χ2v) is 8.25. The molecule has 0 spiro atoms. The Morgan fingerprint density at radius 3 is 2.47 bits per heavy atom. The Labute approximate surface area is 124 Å². The lowest BCUT2D eigenvalue weighted by Gasteiger charge is -2.17. The predicted octanol–water partition coefficient (Wildman–Crippen LogP) is 4.56. The largest absolute Gasteiger partial charge is 0.593 e. The van der Waals surface area contributed by atoms with Gasteiger partial charge in [-0.2, -0.15) is 0 Å². The Bertz CT molecular complexity index is 417. The van der Waals surface area contributed by atoms with Gasteiger partial charge in [-0.15, -0.1) is 15.6 Å². The first-order chi connectivity index (χ1) is 9.15. The molecule has 0 aliphatic carbocycles. The van der Waals surface area contributed by atoms with Crippen molar-refractivity contribution < 1.29 is 4.55 Å². The van der Waals surface area contributed by atoms with Crippen LogP contribution in [0.4, 0.5) is 0 Å². The molecule has 2 rings (SSSR count). The van der Waals surface area contributed by atoms with Crippen LogP contribution in [0.15, 0.2) is 4.90 Å². The van der Waals surface area contributed by atoms with E-state index in [-0.39, 0.29) is 0 Å². The number of aryl methyl sites for hydroxylation is 2. The molecule has 0 saturated heterocycles. The molecule has 0 fully saturated rings. The molecule has 4 heteroatoms. The first-order valence-corrected chi connectivity index (χ1v) is 9.33. The molecule has 0 bridgehead atoms. The van der Waals surface area contributed by atoms with Gasteiger partial charge in [0.25, 0.3) is 0 Å². The summed E-state index contributed by atoms with van der Waals surface area (Å²) in [5, 5.41) is 0. The highest BCUT2D eigenvalue weighted by atomic mass is 32.2. The van der Waals surface area contributed by atoms with Crippen molar-refractivity contribution in [3.63, 3.8) is 0 Å². The quantitative estimate of drug-likeness (QED) is 0.545. The van der Waals surface area contributed by atoms with E-state index >= 15 is 0 Å². The van der Waals surface area contributed by atoms with Crippen molar-refractivity contribution in [1.82, 2.24) is 4.31 Å². The van der Waals surface area contributed by atoms with E-state index in [1.807, 2.05) is 0 Å². The Kier molecular flexibility index (Phi) is 5.75. The van der Waals surface area contributed by atoms with Gasteiger partial charge < -0.3 is 4.55 Å². The van der Waals surface area contributed by atoms with Crippen LogP contribution in [0.5, 0.6) is 0 Å². The van der Waals surface area contributed by atoms with Crippen molar-refractivity contribution in [2.45, 2.75) is 70.7 Å². The summed E-state index contributed by atoms with van der Waals surface area (Å²) in [6, 6.07) is 0. The molecule has 1 unspecified atom stereocenters. The molecule has 1 aliphatic rings. The summed E-state index contributed by atoms with van der Waals surface area (Å²) < 4.78 is 14.6. The van der Waals surface area contributed by atoms with Gasteiger partial charge in [-0.3, -0.25) is 0 Å². The zero-order valence-electron chi connectivity index (χ0n) is 12.3. The number of thiophene rings is 1. The first-order valence-electron chi connectivity index (χ1n) is 7.40. The highest BCUT2D eigenvalue weighted by molar-refractivity contribution is 7.89. The molecule has 0 N–H and O–H groups in total. The molecule has 2 heterocycles. The van der Waals surface area contributed by atoms with Gasteiger partial charge in [0.05, 0.1) is 22.8 Å². The van der Waals surface area contributed by atoms with E-state index in [9.17, 15) is 4.55 Å². The predicted molar refractivity (Wildman–Crippen MR) is 84.0 cm³/mol. The average molecular weight is 300 g/mol. The highest BCUT2D eigenvalue weighted by Gasteiger charge is 2.37. The summed E-state index contributed by atoms with van der Waals surface area (Å²) in [6.07, 6.45) is 7.79. The van der Waals surface area contributed by atoms with Crippen LogP contribution >= 0.6 is 11.3 Å². The van der Waals surface area contributed by atoms with Crippen molar-refractivity contribution >= 4 is 22.7 Å². The minimum absolute atomic E-state index is 0.891. The summed E-state index contributed by atoms with van der Waals surface area (Å²) >= 11 is 0.904. The first kappa shape index (κ1) is 15.4. The van der Waals surface area contributed by atoms with E-state index in [1.54, 1.807) is 11.3 Å². The molecule has 2 nitrogen and oxygen atoms in total. The fourth-order valence-electron chi connectivity index (χ4n) is 2.72. The Balaban J connectivity index is 1.77. The van der Waals surface area contributed by atoms with Crippen molar-refractivity contribution in [3.8, 4) is 0 Å². The number of fused-ring (bicyclic) bond motifs is 1. The molecule has 19 heavy (non-hydrogen) atoms. The fourth-order valence-corrected chi connectivity index (χ4v) is 5.56. The average Bonchev–Trinajstić information content (AvgIpc) is 2.84. The maximum absolute atomic E-state index is 12.4. The van der Waals surface area contributed by atoms with Crippen LogP contribution in [-0.2, 0) is 17.9 Å². The van der Waals surface area contributed by atoms with Crippen LogP contribution in [0.2, 0.25) is 0 Å². The van der Waals surface area contributed by atoms with Gasteiger partial charge in [0.1, 0.15) is 0 Å². The van der Waals surface area contributed by atoms with Gasteiger partial charge in [0, 0.05) is 17.0 Å². The molecule has 0 amide bonds. The maximum atomic E-state index is 12.4. The minimum atomic E-state index is -0.891. The summed E-state index contributed by atoms with van der Waals surface area (Å²) in [7, 11) is 0. The second-order valence-electron chi connectivity index (χ2n) is 5.40. The van der Waals surface area contributed by atoms with E-state index in [4.69, 9.17) is 0 Å². The summed E-state index contributed by atoms with van der Waals surface area (Å²) in [6.45, 7) is 8.38. The summed E-state index contributed by atoms with van der Waals surface area (Å²) in [5.74, 6) is 0. The number of hydrogen-bond donors (Lipinski definition) is 0. The third-order valence-corrected chi connectivity index (χ3v) is 6.70. The van der Waals surface area contributed by atoms with Crippen molar-refractivity contribution in [2.75, 3.05) is 6.54 Å². The van der Waals surface area contributed by atoms with Crippen LogP contribution in [0.3, 0.4) is 0 Å². The van der Waals surface area contributed by atoms with Gasteiger partial charge in [0.15, 0.2) is 4.90 Å². The third-order valence-electron chi connectivity index (χ3n) is 3.83. The molecular weight excluding hydrogens is 274 g/mol. The number of hydrogen-bond acceptors (Lipinski definition) is 3. The van der Waals surface area contributed by atoms with Gasteiger partial charge in [-0.25, -0.2) is 0 Å². The molecule has 1 aromatic rings. The van der Waals surface area contributed by atoms with E-state index in [1.165, 1.54) is 53.8 Å². The smallest absolute Gasteiger partial charge is 0.192 e. The lowest BCUT2D eigenvalue weighted by atomic mass is 10.1. The SMILES string of the molecule is CCCCCCCCN1Cc2c(C)sc(C)c2[S+]1[O-]. The Morgan fingerprint density at radius 2 is 1.79 bits per heavy atom. The van der Waals surface area contributed by atoms with E-state index in [0.29, 0.717) is 0 Å². The zero-order valence-corrected chi connectivity index (χ0v) is 14.0. The van der Waals surface area contributed by atoms with Crippen LogP contribution in [0.1, 0.15) is 60.8 Å². The van der Waals surface area contributed by atoms with Gasteiger partial charge in [0.2, 0.25) is 0 Å². The molecule has 0 saturated carbocycles.